The van der Waals surface area contributed by atoms with Crippen LogP contribution in [0.25, 0.3) is 6.08 Å². The molecule has 0 spiro atoms. The molecule has 1 aliphatic heterocycles. The van der Waals surface area contributed by atoms with E-state index in [1.165, 1.54) is 17.3 Å². The summed E-state index contributed by atoms with van der Waals surface area (Å²) in [5, 5.41) is 0.706. The quantitative estimate of drug-likeness (QED) is 0.561. The van der Waals surface area contributed by atoms with Crippen LogP contribution >= 0.6 is 27.7 Å². The van der Waals surface area contributed by atoms with E-state index in [9.17, 15) is 4.79 Å². The Bertz CT molecular complexity index is 920. The number of ether oxygens (including phenoxy) is 1. The lowest BCUT2D eigenvalue weighted by Gasteiger charge is -2.19. The number of aryl methyl sites for hydroxylation is 1. The highest BCUT2D eigenvalue weighted by molar-refractivity contribution is 9.10. The van der Waals surface area contributed by atoms with Gasteiger partial charge >= 0.3 is 0 Å². The smallest absolute Gasteiger partial charge is 0.266 e. The van der Waals surface area contributed by atoms with Gasteiger partial charge in [-0.1, -0.05) is 23.8 Å². The third kappa shape index (κ3) is 4.45. The molecule has 1 saturated heterocycles. The predicted molar refractivity (Wildman–Crippen MR) is 117 cm³/mol. The van der Waals surface area contributed by atoms with E-state index in [0.29, 0.717) is 10.1 Å². The third-order valence-electron chi connectivity index (χ3n) is 4.09. The first-order valence-corrected chi connectivity index (χ1v) is 10.2. The second-order valence-corrected chi connectivity index (χ2v) is 8.37. The predicted octanol–water partition coefficient (Wildman–Crippen LogP) is 5.78. The maximum atomic E-state index is 12.9. The molecule has 3 rings (SSSR count). The van der Waals surface area contributed by atoms with Gasteiger partial charge < -0.3 is 4.74 Å². The molecule has 0 atom stereocenters. The average molecular weight is 445 g/mol. The minimum Gasteiger partial charge on any atom is -0.496 e. The number of carbonyl (C=O) groups excluding carboxylic acids is 1. The SMILES string of the molecule is COc1ccc(/C=C2/SC(=Nc3ccc(C)cc3)N(C(C)C)C2=O)cc1Br. The van der Waals surface area contributed by atoms with Crippen molar-refractivity contribution in [3.05, 3.63) is 63.0 Å². The fraction of sp³-hybridized carbons (Fsp3) is 0.238. The van der Waals surface area contributed by atoms with Gasteiger partial charge in [-0.2, -0.15) is 0 Å². The number of carbonyl (C=O) groups is 1. The van der Waals surface area contributed by atoms with Gasteiger partial charge in [0.05, 0.1) is 22.2 Å². The van der Waals surface area contributed by atoms with Gasteiger partial charge in [-0.05, 0) is 84.4 Å². The van der Waals surface area contributed by atoms with E-state index < -0.39 is 0 Å². The van der Waals surface area contributed by atoms with E-state index in [1.54, 1.807) is 12.0 Å². The average Bonchev–Trinajstić information content (AvgIpc) is 2.92. The molecule has 27 heavy (non-hydrogen) atoms. The Balaban J connectivity index is 1.95. The number of thioether (sulfide) groups is 1. The van der Waals surface area contributed by atoms with Crippen LogP contribution in [0.2, 0.25) is 0 Å². The van der Waals surface area contributed by atoms with Crippen LogP contribution in [0.1, 0.15) is 25.0 Å². The zero-order valence-electron chi connectivity index (χ0n) is 15.7. The lowest BCUT2D eigenvalue weighted by molar-refractivity contribution is -0.123. The number of benzene rings is 2. The van der Waals surface area contributed by atoms with Crippen LogP contribution in [0.15, 0.2) is 56.8 Å². The summed E-state index contributed by atoms with van der Waals surface area (Å²) in [6.07, 6.45) is 1.89. The van der Waals surface area contributed by atoms with Crippen LogP contribution in [0.5, 0.6) is 5.75 Å². The fourth-order valence-electron chi connectivity index (χ4n) is 2.67. The van der Waals surface area contributed by atoms with Crippen LogP contribution in [-0.4, -0.2) is 29.1 Å². The Morgan fingerprint density at radius 2 is 1.89 bits per heavy atom. The maximum Gasteiger partial charge on any atom is 0.266 e. The van der Waals surface area contributed by atoms with E-state index in [0.717, 1.165) is 21.5 Å². The fourth-order valence-corrected chi connectivity index (χ4v) is 4.35. The maximum absolute atomic E-state index is 12.9. The van der Waals surface area contributed by atoms with Crippen LogP contribution in [0.4, 0.5) is 5.69 Å². The van der Waals surface area contributed by atoms with Crippen LogP contribution in [0, 0.1) is 6.92 Å². The van der Waals surface area contributed by atoms with Gasteiger partial charge in [0.15, 0.2) is 5.17 Å². The molecule has 1 fully saturated rings. The monoisotopic (exact) mass is 444 g/mol. The van der Waals surface area contributed by atoms with Crippen molar-refractivity contribution in [1.29, 1.82) is 0 Å². The van der Waals surface area contributed by atoms with E-state index >= 15 is 0 Å². The zero-order valence-corrected chi connectivity index (χ0v) is 18.1. The summed E-state index contributed by atoms with van der Waals surface area (Å²) in [6, 6.07) is 13.7. The van der Waals surface area contributed by atoms with E-state index in [-0.39, 0.29) is 11.9 Å². The van der Waals surface area contributed by atoms with Gasteiger partial charge in [0.1, 0.15) is 5.75 Å². The van der Waals surface area contributed by atoms with Gasteiger partial charge in [-0.15, -0.1) is 0 Å². The van der Waals surface area contributed by atoms with Gasteiger partial charge in [0.2, 0.25) is 0 Å². The van der Waals surface area contributed by atoms with Crippen molar-refractivity contribution >= 4 is 50.5 Å². The number of amides is 1. The highest BCUT2D eigenvalue weighted by Crippen LogP contribution is 2.36. The second-order valence-electron chi connectivity index (χ2n) is 6.50. The standard InChI is InChI=1S/C21H21BrN2O2S/c1-13(2)24-20(25)19(12-15-7-10-18(26-4)17(22)11-15)27-21(24)23-16-8-5-14(3)6-9-16/h5-13H,1-4H3/b19-12+,23-21?. The summed E-state index contributed by atoms with van der Waals surface area (Å²) in [4.78, 5) is 20.0. The number of methoxy groups -OCH3 is 1. The Morgan fingerprint density at radius 1 is 1.19 bits per heavy atom. The van der Waals surface area contributed by atoms with Crippen molar-refractivity contribution in [2.45, 2.75) is 26.8 Å². The Morgan fingerprint density at radius 3 is 2.48 bits per heavy atom. The Kier molecular flexibility index (Phi) is 6.07. The molecule has 140 valence electrons. The summed E-state index contributed by atoms with van der Waals surface area (Å²) in [7, 11) is 1.63. The number of hydrogen-bond donors (Lipinski definition) is 0. The van der Waals surface area contributed by atoms with Crippen molar-refractivity contribution < 1.29 is 9.53 Å². The minimum atomic E-state index is -0.0206. The normalized spacial score (nSPS) is 17.4. The van der Waals surface area contributed by atoms with Crippen molar-refractivity contribution in [2.75, 3.05) is 7.11 Å². The van der Waals surface area contributed by atoms with Crippen molar-refractivity contribution in [3.63, 3.8) is 0 Å². The first-order valence-electron chi connectivity index (χ1n) is 8.61. The van der Waals surface area contributed by atoms with E-state index in [1.807, 2.05) is 69.3 Å². The molecule has 6 heteroatoms. The largest absolute Gasteiger partial charge is 0.496 e. The highest BCUT2D eigenvalue weighted by atomic mass is 79.9. The molecule has 0 bridgehead atoms. The molecule has 2 aromatic rings. The first-order chi connectivity index (χ1) is 12.9. The molecule has 4 nitrogen and oxygen atoms in total. The zero-order chi connectivity index (χ0) is 19.6. The number of halogens is 1. The molecule has 0 unspecified atom stereocenters. The molecular weight excluding hydrogens is 424 g/mol. The molecule has 2 aromatic carbocycles. The van der Waals surface area contributed by atoms with Crippen molar-refractivity contribution in [3.8, 4) is 5.75 Å². The molecule has 0 aliphatic carbocycles. The molecule has 0 saturated carbocycles. The summed E-state index contributed by atoms with van der Waals surface area (Å²) < 4.78 is 6.12. The summed E-state index contributed by atoms with van der Waals surface area (Å²) in [5.41, 5.74) is 2.95. The molecule has 1 aliphatic rings. The number of amidine groups is 1. The van der Waals surface area contributed by atoms with Crippen LogP contribution in [-0.2, 0) is 4.79 Å². The molecule has 1 heterocycles. The number of aliphatic imine (C=N–C) groups is 1. The van der Waals surface area contributed by atoms with E-state index in [2.05, 4.69) is 15.9 Å². The number of rotatable bonds is 4. The first kappa shape index (κ1) is 19.7. The topological polar surface area (TPSA) is 41.9 Å². The van der Waals surface area contributed by atoms with Gasteiger partial charge in [-0.3, -0.25) is 9.69 Å². The summed E-state index contributed by atoms with van der Waals surface area (Å²) in [6.45, 7) is 6.03. The Hall–Kier alpha value is -2.05. The number of nitrogens with zero attached hydrogens (tertiary/aromatic N) is 2. The molecule has 1 amide bonds. The van der Waals surface area contributed by atoms with Crippen LogP contribution in [0.3, 0.4) is 0 Å². The van der Waals surface area contributed by atoms with Gasteiger partial charge in [0, 0.05) is 6.04 Å². The molecule has 0 radical (unpaired) electrons. The third-order valence-corrected chi connectivity index (χ3v) is 5.69. The molecule has 0 N–H and O–H groups in total. The lowest BCUT2D eigenvalue weighted by atomic mass is 10.2. The highest BCUT2D eigenvalue weighted by Gasteiger charge is 2.35. The number of hydrogen-bond acceptors (Lipinski definition) is 4. The minimum absolute atomic E-state index is 0.0206. The second kappa shape index (κ2) is 8.31. The van der Waals surface area contributed by atoms with E-state index in [4.69, 9.17) is 9.73 Å². The summed E-state index contributed by atoms with van der Waals surface area (Å²) >= 11 is 4.89. The van der Waals surface area contributed by atoms with Crippen molar-refractivity contribution in [1.82, 2.24) is 4.90 Å². The molecule has 0 aromatic heterocycles. The van der Waals surface area contributed by atoms with Crippen LogP contribution < -0.4 is 4.74 Å². The van der Waals surface area contributed by atoms with Gasteiger partial charge in [-0.25, -0.2) is 4.99 Å². The Labute approximate surface area is 172 Å². The molecular formula is C21H21BrN2O2S. The van der Waals surface area contributed by atoms with Crippen molar-refractivity contribution in [2.24, 2.45) is 4.99 Å². The summed E-state index contributed by atoms with van der Waals surface area (Å²) in [5.74, 6) is 0.737. The van der Waals surface area contributed by atoms with Gasteiger partial charge in [0.25, 0.3) is 5.91 Å². The lowest BCUT2D eigenvalue weighted by Crippen LogP contribution is -2.35.